The molecule has 1 heterocycles. The second kappa shape index (κ2) is 7.28. The number of ether oxygens (including phenoxy) is 1. The van der Waals surface area contributed by atoms with Gasteiger partial charge in [-0.1, -0.05) is 6.08 Å². The Morgan fingerprint density at radius 3 is 2.70 bits per heavy atom. The number of likely N-dealkylation sites (tertiary alicyclic amines) is 1. The first-order valence-electron chi connectivity index (χ1n) is 6.66. The molecule has 1 aliphatic rings. The molecule has 0 aliphatic carbocycles. The van der Waals surface area contributed by atoms with E-state index in [-0.39, 0.29) is 30.5 Å². The van der Waals surface area contributed by atoms with Gasteiger partial charge in [-0.15, -0.1) is 0 Å². The molecule has 1 rings (SSSR count). The molecular weight excluding hydrogens is 294 g/mol. The summed E-state index contributed by atoms with van der Waals surface area (Å²) in [6, 6.07) is 0. The highest BCUT2D eigenvalue weighted by Crippen LogP contribution is 2.21. The topological polar surface area (TPSA) is 55.8 Å². The zero-order chi connectivity index (χ0) is 15.3. The van der Waals surface area contributed by atoms with E-state index < -0.39 is 14.3 Å². The summed E-state index contributed by atoms with van der Waals surface area (Å²) < 4.78 is 10.8. The number of nitrogens with zero attached hydrogens (tertiary/aromatic N) is 1. The minimum atomic E-state index is -1.55. The van der Waals surface area contributed by atoms with Gasteiger partial charge in [-0.05, 0) is 32.6 Å². The number of amides is 1. The van der Waals surface area contributed by atoms with Crippen molar-refractivity contribution in [1.29, 1.82) is 0 Å². The largest absolute Gasteiger partial charge is 0.460 e. The molecular formula is C13H23NO4SSi. The Kier molecular flexibility index (Phi) is 6.28. The van der Waals surface area contributed by atoms with E-state index in [1.807, 2.05) is 13.0 Å². The van der Waals surface area contributed by atoms with Crippen LogP contribution >= 0.6 is 12.6 Å². The maximum absolute atomic E-state index is 11.5. The quantitative estimate of drug-likeness (QED) is 0.256. The third kappa shape index (κ3) is 6.11. The Morgan fingerprint density at radius 1 is 1.55 bits per heavy atom. The Hall–Kier alpha value is -0.793. The van der Waals surface area contributed by atoms with Gasteiger partial charge in [0, 0.05) is 0 Å². The first-order chi connectivity index (χ1) is 9.19. The molecule has 1 aliphatic heterocycles. The average Bonchev–Trinajstić information content (AvgIpc) is 2.30. The van der Waals surface area contributed by atoms with Crippen molar-refractivity contribution in [2.24, 2.45) is 0 Å². The van der Waals surface area contributed by atoms with Gasteiger partial charge in [0.25, 0.3) is 0 Å². The van der Waals surface area contributed by atoms with Crippen LogP contribution in [0.1, 0.15) is 13.3 Å². The van der Waals surface area contributed by atoms with Crippen LogP contribution in [0.25, 0.3) is 0 Å². The van der Waals surface area contributed by atoms with Gasteiger partial charge in [0.1, 0.15) is 13.2 Å². The van der Waals surface area contributed by atoms with Crippen molar-refractivity contribution in [2.45, 2.75) is 44.5 Å². The monoisotopic (exact) mass is 317 g/mol. The number of rotatable bonds is 7. The van der Waals surface area contributed by atoms with Crippen molar-refractivity contribution in [1.82, 2.24) is 4.90 Å². The molecule has 0 aromatic rings. The molecule has 0 radical (unpaired) electrons. The predicted molar refractivity (Wildman–Crippen MR) is 83.1 cm³/mol. The van der Waals surface area contributed by atoms with E-state index >= 15 is 0 Å². The minimum absolute atomic E-state index is 0.0131. The molecule has 0 aromatic carbocycles. The van der Waals surface area contributed by atoms with E-state index in [1.165, 1.54) is 4.90 Å². The second-order valence-electron chi connectivity index (χ2n) is 5.75. The van der Waals surface area contributed by atoms with Crippen LogP contribution in [-0.2, 0) is 18.8 Å². The molecule has 114 valence electrons. The van der Waals surface area contributed by atoms with Crippen molar-refractivity contribution < 1.29 is 18.8 Å². The summed E-state index contributed by atoms with van der Waals surface area (Å²) in [5.41, 5.74) is 0. The Balaban J connectivity index is 2.20. The number of carbonyl (C=O) groups excluding carboxylic acids is 2. The van der Waals surface area contributed by atoms with Crippen LogP contribution in [0.2, 0.25) is 19.6 Å². The van der Waals surface area contributed by atoms with Gasteiger partial charge in [-0.2, -0.15) is 12.6 Å². The fourth-order valence-corrected chi connectivity index (χ4v) is 3.36. The molecule has 7 heteroatoms. The molecule has 0 saturated carbocycles. The number of thiol groups is 1. The van der Waals surface area contributed by atoms with Crippen LogP contribution in [0.3, 0.4) is 0 Å². The van der Waals surface area contributed by atoms with E-state index in [0.29, 0.717) is 6.42 Å². The highest BCUT2D eigenvalue weighted by Gasteiger charge is 2.34. The number of esters is 1. The molecule has 2 atom stereocenters. The number of hydrogen-bond donors (Lipinski definition) is 1. The summed E-state index contributed by atoms with van der Waals surface area (Å²) in [7, 11) is -1.55. The number of carbonyl (C=O) groups is 2. The third-order valence-electron chi connectivity index (χ3n) is 2.62. The normalized spacial score (nSPS) is 20.9. The average molecular weight is 317 g/mol. The number of hydrogen-bond acceptors (Lipinski definition) is 5. The van der Waals surface area contributed by atoms with Crippen LogP contribution in [0.5, 0.6) is 0 Å². The van der Waals surface area contributed by atoms with Gasteiger partial charge >= 0.3 is 5.97 Å². The first-order valence-corrected chi connectivity index (χ1v) is 10.6. The standard InChI is InChI=1S/C13H23NO4SSi/c1-10(18-20(2,3)4)6-5-7-17-13(16)9-14-11(15)8-12(14)19/h5-6,10,12,19H,7-9H2,1-4H3. The van der Waals surface area contributed by atoms with Crippen molar-refractivity contribution in [3.05, 3.63) is 12.2 Å². The van der Waals surface area contributed by atoms with Crippen molar-refractivity contribution in [3.63, 3.8) is 0 Å². The zero-order valence-corrected chi connectivity index (χ0v) is 14.4. The lowest BCUT2D eigenvalue weighted by Crippen LogP contribution is -2.51. The van der Waals surface area contributed by atoms with Gasteiger partial charge in [-0.3, -0.25) is 9.59 Å². The van der Waals surface area contributed by atoms with Crippen LogP contribution in [0.15, 0.2) is 12.2 Å². The molecule has 20 heavy (non-hydrogen) atoms. The molecule has 0 N–H and O–H groups in total. The Labute approximate surface area is 126 Å². The summed E-state index contributed by atoms with van der Waals surface area (Å²) in [6.45, 7) is 8.49. The smallest absolute Gasteiger partial charge is 0.325 e. The van der Waals surface area contributed by atoms with Crippen molar-refractivity contribution >= 4 is 32.8 Å². The minimum Gasteiger partial charge on any atom is -0.460 e. The van der Waals surface area contributed by atoms with Crippen LogP contribution < -0.4 is 0 Å². The molecule has 5 nitrogen and oxygen atoms in total. The maximum Gasteiger partial charge on any atom is 0.325 e. The highest BCUT2D eigenvalue weighted by atomic mass is 32.1. The zero-order valence-electron chi connectivity index (χ0n) is 12.5. The summed E-state index contributed by atoms with van der Waals surface area (Å²) >= 11 is 4.16. The van der Waals surface area contributed by atoms with E-state index in [4.69, 9.17) is 9.16 Å². The van der Waals surface area contributed by atoms with Crippen LogP contribution in [0, 0.1) is 0 Å². The van der Waals surface area contributed by atoms with Gasteiger partial charge < -0.3 is 14.1 Å². The molecule has 1 fully saturated rings. The summed E-state index contributed by atoms with van der Waals surface area (Å²) in [6.07, 6.45) is 4.04. The highest BCUT2D eigenvalue weighted by molar-refractivity contribution is 7.81. The molecule has 0 spiro atoms. The number of β-lactam (4-membered cyclic amide) rings is 1. The van der Waals surface area contributed by atoms with Crippen molar-refractivity contribution in [3.8, 4) is 0 Å². The van der Waals surface area contributed by atoms with Crippen LogP contribution in [0.4, 0.5) is 0 Å². The lowest BCUT2D eigenvalue weighted by Gasteiger charge is -2.36. The summed E-state index contributed by atoms with van der Waals surface area (Å²) in [4.78, 5) is 24.1. The van der Waals surface area contributed by atoms with Gasteiger partial charge in [0.2, 0.25) is 5.91 Å². The molecule has 0 bridgehead atoms. The predicted octanol–water partition coefficient (Wildman–Crippen LogP) is 1.81. The van der Waals surface area contributed by atoms with Gasteiger partial charge in [0.15, 0.2) is 8.32 Å². The van der Waals surface area contributed by atoms with Crippen LogP contribution in [-0.4, -0.2) is 49.7 Å². The SMILES string of the molecule is CC(C=CCOC(=O)CN1C(=O)CC1S)O[Si](C)(C)C. The van der Waals surface area contributed by atoms with E-state index in [1.54, 1.807) is 6.08 Å². The second-order valence-corrected chi connectivity index (χ2v) is 10.8. The molecule has 1 saturated heterocycles. The van der Waals surface area contributed by atoms with Crippen molar-refractivity contribution in [2.75, 3.05) is 13.2 Å². The first kappa shape index (κ1) is 17.3. The van der Waals surface area contributed by atoms with E-state index in [2.05, 4.69) is 32.3 Å². The lowest BCUT2D eigenvalue weighted by molar-refractivity contribution is -0.154. The fourth-order valence-electron chi connectivity index (χ4n) is 1.80. The Bertz CT molecular complexity index is 394. The third-order valence-corrected chi connectivity index (χ3v) is 4.16. The van der Waals surface area contributed by atoms with Gasteiger partial charge in [0.05, 0.1) is 17.9 Å². The molecule has 2 unspecified atom stereocenters. The molecule has 0 aromatic heterocycles. The van der Waals surface area contributed by atoms with E-state index in [0.717, 1.165) is 0 Å². The van der Waals surface area contributed by atoms with E-state index in [9.17, 15) is 9.59 Å². The van der Waals surface area contributed by atoms with Gasteiger partial charge in [-0.25, -0.2) is 0 Å². The summed E-state index contributed by atoms with van der Waals surface area (Å²) in [5, 5.41) is -0.157. The summed E-state index contributed by atoms with van der Waals surface area (Å²) in [5.74, 6) is -0.477. The maximum atomic E-state index is 11.5. The Morgan fingerprint density at radius 2 is 2.20 bits per heavy atom. The fraction of sp³-hybridized carbons (Fsp3) is 0.692. The lowest BCUT2D eigenvalue weighted by atomic mass is 10.2. The molecule has 1 amide bonds.